The van der Waals surface area contributed by atoms with Gasteiger partial charge in [-0.25, -0.2) is 4.79 Å². The van der Waals surface area contributed by atoms with Crippen LogP contribution in [0.25, 0.3) is 0 Å². The molecule has 0 fully saturated rings. The van der Waals surface area contributed by atoms with Crippen LogP contribution in [0.2, 0.25) is 10.0 Å². The van der Waals surface area contributed by atoms with Crippen LogP contribution in [0.3, 0.4) is 0 Å². The molecule has 19 heavy (non-hydrogen) atoms. The Morgan fingerprint density at radius 3 is 2.42 bits per heavy atom. The number of thioether (sulfide) groups is 1. The van der Waals surface area contributed by atoms with Crippen LogP contribution in [-0.4, -0.2) is 11.1 Å². The average Bonchev–Trinajstić information content (AvgIpc) is 2.83. The minimum Gasteiger partial charge on any atom is -0.475 e. The number of halogens is 2. The van der Waals surface area contributed by atoms with Crippen LogP contribution in [0.5, 0.6) is 0 Å². The van der Waals surface area contributed by atoms with E-state index in [1.807, 2.05) is 6.92 Å². The molecule has 0 bridgehead atoms. The molecule has 0 aliphatic rings. The van der Waals surface area contributed by atoms with Gasteiger partial charge >= 0.3 is 5.97 Å². The molecule has 0 aliphatic heterocycles. The molecular weight excluding hydrogens is 307 g/mol. The van der Waals surface area contributed by atoms with Crippen molar-refractivity contribution in [1.29, 1.82) is 0 Å². The highest BCUT2D eigenvalue weighted by Gasteiger charge is 2.17. The van der Waals surface area contributed by atoms with Gasteiger partial charge in [0, 0.05) is 4.90 Å². The summed E-state index contributed by atoms with van der Waals surface area (Å²) >= 11 is 13.6. The second-order valence-electron chi connectivity index (χ2n) is 3.82. The molecule has 1 N–H and O–H groups in total. The number of rotatable bonds is 4. The Morgan fingerprint density at radius 1 is 1.26 bits per heavy atom. The number of carbonyl (C=O) groups is 1. The zero-order valence-corrected chi connectivity index (χ0v) is 12.2. The molecule has 1 heterocycles. The van der Waals surface area contributed by atoms with Gasteiger partial charge < -0.3 is 9.52 Å². The standard InChI is InChI=1S/C13H10Cl2O3S/c1-7(10-5-6-11(18-10)13(16)17)19-12-8(14)3-2-4-9(12)15/h2-7H,1H3,(H,16,17). The molecule has 0 amide bonds. The molecule has 2 aromatic rings. The fraction of sp³-hybridized carbons (Fsp3) is 0.154. The number of carboxylic acid groups (broad SMARTS) is 1. The van der Waals surface area contributed by atoms with Gasteiger partial charge in [0.05, 0.1) is 15.3 Å². The molecular formula is C13H10Cl2O3S. The summed E-state index contributed by atoms with van der Waals surface area (Å²) in [6.07, 6.45) is 0. The molecule has 6 heteroatoms. The lowest BCUT2D eigenvalue weighted by Gasteiger charge is -2.11. The van der Waals surface area contributed by atoms with Crippen molar-refractivity contribution in [2.75, 3.05) is 0 Å². The van der Waals surface area contributed by atoms with E-state index in [2.05, 4.69) is 0 Å². The van der Waals surface area contributed by atoms with Gasteiger partial charge in [-0.1, -0.05) is 29.3 Å². The fourth-order valence-corrected chi connectivity index (χ4v) is 3.14. The van der Waals surface area contributed by atoms with Crippen molar-refractivity contribution in [1.82, 2.24) is 0 Å². The van der Waals surface area contributed by atoms with E-state index < -0.39 is 5.97 Å². The second-order valence-corrected chi connectivity index (χ2v) is 5.98. The van der Waals surface area contributed by atoms with E-state index in [-0.39, 0.29) is 11.0 Å². The van der Waals surface area contributed by atoms with Gasteiger partial charge in [0.1, 0.15) is 5.76 Å². The topological polar surface area (TPSA) is 50.4 Å². The lowest BCUT2D eigenvalue weighted by molar-refractivity contribution is 0.0660. The van der Waals surface area contributed by atoms with E-state index in [9.17, 15) is 4.79 Å². The Kier molecular flexibility index (Phi) is 4.45. The largest absolute Gasteiger partial charge is 0.475 e. The van der Waals surface area contributed by atoms with Crippen LogP contribution in [0.1, 0.15) is 28.5 Å². The predicted octanol–water partition coefficient (Wildman–Crippen LogP) is 5.14. The van der Waals surface area contributed by atoms with Crippen molar-refractivity contribution in [3.63, 3.8) is 0 Å². The maximum Gasteiger partial charge on any atom is 0.371 e. The van der Waals surface area contributed by atoms with Crippen molar-refractivity contribution in [3.05, 3.63) is 51.9 Å². The van der Waals surface area contributed by atoms with E-state index in [1.54, 1.807) is 24.3 Å². The van der Waals surface area contributed by atoms with Crippen LogP contribution in [0.15, 0.2) is 39.6 Å². The van der Waals surface area contributed by atoms with E-state index in [0.717, 1.165) is 4.90 Å². The van der Waals surface area contributed by atoms with E-state index in [0.29, 0.717) is 15.8 Å². The Bertz CT molecular complexity index is 589. The molecule has 3 nitrogen and oxygen atoms in total. The Morgan fingerprint density at radius 2 is 1.89 bits per heavy atom. The quantitative estimate of drug-likeness (QED) is 0.793. The minimum absolute atomic E-state index is 0.0762. The molecule has 0 spiro atoms. The maximum absolute atomic E-state index is 10.8. The molecule has 0 radical (unpaired) electrons. The predicted molar refractivity (Wildman–Crippen MR) is 76.4 cm³/mol. The highest BCUT2D eigenvalue weighted by molar-refractivity contribution is 7.99. The Labute approximate surface area is 124 Å². The third-order valence-electron chi connectivity index (χ3n) is 2.45. The summed E-state index contributed by atoms with van der Waals surface area (Å²) in [5.41, 5.74) is 0. The van der Waals surface area contributed by atoms with Gasteiger partial charge in [-0.2, -0.15) is 0 Å². The highest BCUT2D eigenvalue weighted by Crippen LogP contribution is 2.42. The summed E-state index contributed by atoms with van der Waals surface area (Å²) in [5, 5.41) is 9.85. The van der Waals surface area contributed by atoms with Crippen molar-refractivity contribution < 1.29 is 14.3 Å². The van der Waals surface area contributed by atoms with E-state index >= 15 is 0 Å². The number of benzene rings is 1. The van der Waals surface area contributed by atoms with Crippen molar-refractivity contribution in [2.24, 2.45) is 0 Å². The van der Waals surface area contributed by atoms with E-state index in [1.165, 1.54) is 17.8 Å². The molecule has 100 valence electrons. The summed E-state index contributed by atoms with van der Waals surface area (Å²) in [6.45, 7) is 1.90. The zero-order chi connectivity index (χ0) is 14.0. The van der Waals surface area contributed by atoms with Crippen LogP contribution in [0.4, 0.5) is 0 Å². The summed E-state index contributed by atoms with van der Waals surface area (Å²) in [5.74, 6) is -0.592. The molecule has 1 atom stereocenters. The number of furan rings is 1. The SMILES string of the molecule is CC(Sc1c(Cl)cccc1Cl)c1ccc(C(=O)O)o1. The number of hydrogen-bond acceptors (Lipinski definition) is 3. The van der Waals surface area contributed by atoms with Gasteiger partial charge in [-0.15, -0.1) is 11.8 Å². The first-order valence-corrected chi connectivity index (χ1v) is 7.06. The first-order chi connectivity index (χ1) is 8.99. The summed E-state index contributed by atoms with van der Waals surface area (Å²) in [4.78, 5) is 11.5. The maximum atomic E-state index is 10.8. The van der Waals surface area contributed by atoms with Crippen molar-refractivity contribution in [3.8, 4) is 0 Å². The Hall–Kier alpha value is -1.10. The summed E-state index contributed by atoms with van der Waals surface area (Å²) in [6, 6.07) is 8.37. The normalized spacial score (nSPS) is 12.4. The smallest absolute Gasteiger partial charge is 0.371 e. The number of hydrogen-bond donors (Lipinski definition) is 1. The van der Waals surface area contributed by atoms with Crippen LogP contribution >= 0.6 is 35.0 Å². The van der Waals surface area contributed by atoms with Gasteiger partial charge in [0.25, 0.3) is 0 Å². The molecule has 0 aliphatic carbocycles. The average molecular weight is 317 g/mol. The molecule has 2 rings (SSSR count). The van der Waals surface area contributed by atoms with E-state index in [4.69, 9.17) is 32.7 Å². The highest BCUT2D eigenvalue weighted by atomic mass is 35.5. The van der Waals surface area contributed by atoms with Crippen LogP contribution in [0, 0.1) is 0 Å². The lowest BCUT2D eigenvalue weighted by atomic mass is 10.3. The summed E-state index contributed by atoms with van der Waals surface area (Å²) in [7, 11) is 0. The first kappa shape index (κ1) is 14.3. The number of carboxylic acids is 1. The number of aromatic carboxylic acids is 1. The Balaban J connectivity index is 2.20. The van der Waals surface area contributed by atoms with Crippen molar-refractivity contribution in [2.45, 2.75) is 17.1 Å². The molecule has 1 unspecified atom stereocenters. The first-order valence-electron chi connectivity index (χ1n) is 5.42. The second kappa shape index (κ2) is 5.90. The summed E-state index contributed by atoms with van der Waals surface area (Å²) < 4.78 is 5.25. The zero-order valence-electron chi connectivity index (χ0n) is 9.89. The molecule has 1 aromatic carbocycles. The van der Waals surface area contributed by atoms with Gasteiger partial charge in [0.15, 0.2) is 0 Å². The van der Waals surface area contributed by atoms with Gasteiger partial charge in [-0.3, -0.25) is 0 Å². The fourth-order valence-electron chi connectivity index (χ4n) is 1.52. The van der Waals surface area contributed by atoms with Crippen molar-refractivity contribution >= 4 is 40.9 Å². The third-order valence-corrected chi connectivity index (χ3v) is 4.57. The van der Waals surface area contributed by atoms with Gasteiger partial charge in [0.2, 0.25) is 5.76 Å². The molecule has 0 saturated heterocycles. The third kappa shape index (κ3) is 3.26. The van der Waals surface area contributed by atoms with Crippen LogP contribution < -0.4 is 0 Å². The minimum atomic E-state index is -1.08. The lowest BCUT2D eigenvalue weighted by Crippen LogP contribution is -1.92. The van der Waals surface area contributed by atoms with Gasteiger partial charge in [-0.05, 0) is 31.2 Å². The van der Waals surface area contributed by atoms with Crippen LogP contribution in [-0.2, 0) is 0 Å². The molecule has 1 aromatic heterocycles. The molecule has 0 saturated carbocycles. The monoisotopic (exact) mass is 316 g/mol.